The van der Waals surface area contributed by atoms with Crippen LogP contribution in [0.1, 0.15) is 50.6 Å². The summed E-state index contributed by atoms with van der Waals surface area (Å²) >= 11 is 0. The highest BCUT2D eigenvalue weighted by Gasteiger charge is 2.45. The second kappa shape index (κ2) is 4.55. The molecule has 20 heavy (non-hydrogen) atoms. The number of hydrogen-bond acceptors (Lipinski definition) is 4. The second-order valence-electron chi connectivity index (χ2n) is 7.04. The van der Waals surface area contributed by atoms with Crippen LogP contribution in [0.2, 0.25) is 0 Å². The van der Waals surface area contributed by atoms with E-state index in [1.54, 1.807) is 0 Å². The van der Waals surface area contributed by atoms with Crippen molar-refractivity contribution in [3.8, 4) is 0 Å². The fourth-order valence-corrected chi connectivity index (χ4v) is 3.32. The lowest BCUT2D eigenvalue weighted by Gasteiger charge is -2.26. The van der Waals surface area contributed by atoms with Gasteiger partial charge in [-0.3, -0.25) is 9.89 Å². The van der Waals surface area contributed by atoms with Crippen molar-refractivity contribution < 1.29 is 4.79 Å². The van der Waals surface area contributed by atoms with Gasteiger partial charge in [0.15, 0.2) is 0 Å². The van der Waals surface area contributed by atoms with Gasteiger partial charge in [-0.25, -0.2) is 4.98 Å². The molecule has 2 aliphatic rings. The van der Waals surface area contributed by atoms with Crippen LogP contribution in [-0.2, 0) is 5.41 Å². The van der Waals surface area contributed by atoms with Gasteiger partial charge in [-0.15, -0.1) is 5.10 Å². The monoisotopic (exact) mass is 277 g/mol. The first-order chi connectivity index (χ1) is 9.38. The Balaban J connectivity index is 1.83. The van der Waals surface area contributed by atoms with Crippen molar-refractivity contribution in [1.29, 1.82) is 0 Å². The van der Waals surface area contributed by atoms with Crippen molar-refractivity contribution in [3.63, 3.8) is 0 Å². The van der Waals surface area contributed by atoms with Gasteiger partial charge in [0.05, 0.1) is 0 Å². The van der Waals surface area contributed by atoms with Crippen molar-refractivity contribution in [3.05, 3.63) is 11.6 Å². The lowest BCUT2D eigenvalue weighted by molar-refractivity contribution is 0.0670. The number of rotatable bonds is 1. The molecule has 6 nitrogen and oxygen atoms in total. The van der Waals surface area contributed by atoms with Crippen molar-refractivity contribution in [2.45, 2.75) is 51.6 Å². The predicted octanol–water partition coefficient (Wildman–Crippen LogP) is 0.925. The molecule has 2 saturated heterocycles. The lowest BCUT2D eigenvalue weighted by atomic mass is 9.96. The Hall–Kier alpha value is -1.43. The van der Waals surface area contributed by atoms with E-state index >= 15 is 0 Å². The first kappa shape index (κ1) is 13.5. The number of amides is 1. The summed E-state index contributed by atoms with van der Waals surface area (Å²) in [6, 6.07) is 0.574. The third kappa shape index (κ3) is 2.12. The number of fused-ring (bicyclic) bond motifs is 1. The third-order valence-corrected chi connectivity index (χ3v) is 4.40. The highest BCUT2D eigenvalue weighted by atomic mass is 16.2. The Morgan fingerprint density at radius 2 is 2.10 bits per heavy atom. The maximum atomic E-state index is 12.7. The molecule has 2 N–H and O–H groups in total. The molecule has 1 aromatic rings. The summed E-state index contributed by atoms with van der Waals surface area (Å²) in [4.78, 5) is 19.1. The van der Waals surface area contributed by atoms with Crippen LogP contribution in [0.25, 0.3) is 0 Å². The number of H-pyrrole nitrogens is 1. The summed E-state index contributed by atoms with van der Waals surface area (Å²) in [5, 5.41) is 10.4. The maximum Gasteiger partial charge on any atom is 0.294 e. The molecule has 3 unspecified atom stereocenters. The van der Waals surface area contributed by atoms with Gasteiger partial charge in [0.25, 0.3) is 5.91 Å². The number of nitrogens with zero attached hydrogens (tertiary/aromatic N) is 3. The molecule has 0 aliphatic carbocycles. The largest absolute Gasteiger partial charge is 0.329 e. The van der Waals surface area contributed by atoms with Crippen LogP contribution in [0, 0.1) is 5.92 Å². The van der Waals surface area contributed by atoms with Crippen LogP contribution in [0.5, 0.6) is 0 Å². The predicted molar refractivity (Wildman–Crippen MR) is 75.5 cm³/mol. The van der Waals surface area contributed by atoms with Gasteiger partial charge in [-0.1, -0.05) is 20.8 Å². The van der Waals surface area contributed by atoms with E-state index in [0.29, 0.717) is 17.8 Å². The number of carbonyl (C=O) groups excluding carboxylic acids is 1. The Kier molecular flexibility index (Phi) is 3.08. The molecule has 6 heteroatoms. The Morgan fingerprint density at radius 3 is 2.75 bits per heavy atom. The van der Waals surface area contributed by atoms with Gasteiger partial charge < -0.3 is 10.2 Å². The second-order valence-corrected chi connectivity index (χ2v) is 7.04. The lowest BCUT2D eigenvalue weighted by Crippen LogP contribution is -2.43. The van der Waals surface area contributed by atoms with Gasteiger partial charge in [0.1, 0.15) is 5.82 Å². The van der Waals surface area contributed by atoms with E-state index in [1.807, 2.05) is 4.90 Å². The Labute approximate surface area is 119 Å². The van der Waals surface area contributed by atoms with Crippen LogP contribution < -0.4 is 5.32 Å². The summed E-state index contributed by atoms with van der Waals surface area (Å²) < 4.78 is 0. The number of aromatic nitrogens is 3. The number of likely N-dealkylation sites (tertiary alicyclic amines) is 1. The molecule has 0 spiro atoms. The number of aromatic amines is 1. The normalized spacial score (nSPS) is 29.8. The van der Waals surface area contributed by atoms with E-state index in [9.17, 15) is 4.79 Å². The van der Waals surface area contributed by atoms with Gasteiger partial charge >= 0.3 is 0 Å². The van der Waals surface area contributed by atoms with Crippen LogP contribution in [-0.4, -0.2) is 51.2 Å². The van der Waals surface area contributed by atoms with Crippen molar-refractivity contribution in [2.24, 2.45) is 5.92 Å². The molecule has 2 fully saturated rings. The van der Waals surface area contributed by atoms with E-state index < -0.39 is 0 Å². The van der Waals surface area contributed by atoms with E-state index in [4.69, 9.17) is 0 Å². The van der Waals surface area contributed by atoms with Crippen LogP contribution in [0.4, 0.5) is 0 Å². The molecule has 3 rings (SSSR count). The first-order valence-corrected chi connectivity index (χ1v) is 7.34. The maximum absolute atomic E-state index is 12.7. The molecule has 2 aliphatic heterocycles. The number of hydrogen-bond donors (Lipinski definition) is 2. The van der Waals surface area contributed by atoms with Gasteiger partial charge in [0.2, 0.25) is 5.82 Å². The number of nitrogens with one attached hydrogen (secondary N) is 2. The van der Waals surface area contributed by atoms with Crippen molar-refractivity contribution in [1.82, 2.24) is 25.4 Å². The SMILES string of the molecule is CC1CC2CNCC2N1C(=O)c1n[nH]c(C(C)(C)C)n1. The van der Waals surface area contributed by atoms with Crippen LogP contribution >= 0.6 is 0 Å². The summed E-state index contributed by atoms with van der Waals surface area (Å²) in [5.74, 6) is 1.60. The van der Waals surface area contributed by atoms with Crippen molar-refractivity contribution in [2.75, 3.05) is 13.1 Å². The minimum Gasteiger partial charge on any atom is -0.329 e. The van der Waals surface area contributed by atoms with Gasteiger partial charge in [0, 0.05) is 30.6 Å². The average Bonchev–Trinajstić information content (AvgIpc) is 2.99. The molecule has 0 bridgehead atoms. The highest BCUT2D eigenvalue weighted by molar-refractivity contribution is 5.91. The molecule has 0 saturated carbocycles. The number of carbonyl (C=O) groups is 1. The minimum atomic E-state index is -0.125. The highest BCUT2D eigenvalue weighted by Crippen LogP contribution is 2.33. The van der Waals surface area contributed by atoms with Gasteiger partial charge in [-0.2, -0.15) is 0 Å². The average molecular weight is 277 g/mol. The summed E-state index contributed by atoms with van der Waals surface area (Å²) in [5.41, 5.74) is -0.125. The molecule has 3 atom stereocenters. The fourth-order valence-electron chi connectivity index (χ4n) is 3.32. The summed E-state index contributed by atoms with van der Waals surface area (Å²) in [6.45, 7) is 10.2. The Bertz CT molecular complexity index is 518. The zero-order valence-corrected chi connectivity index (χ0v) is 12.6. The zero-order chi connectivity index (χ0) is 14.5. The third-order valence-electron chi connectivity index (χ3n) is 4.40. The van der Waals surface area contributed by atoms with E-state index in [2.05, 4.69) is 48.2 Å². The van der Waals surface area contributed by atoms with Crippen molar-refractivity contribution >= 4 is 5.91 Å². The molecule has 0 aromatic carbocycles. The van der Waals surface area contributed by atoms with E-state index in [-0.39, 0.29) is 17.4 Å². The fraction of sp³-hybridized carbons (Fsp3) is 0.786. The topological polar surface area (TPSA) is 73.9 Å². The molecule has 1 amide bonds. The first-order valence-electron chi connectivity index (χ1n) is 7.34. The quantitative estimate of drug-likeness (QED) is 0.800. The molecule has 0 radical (unpaired) electrons. The molecule has 110 valence electrons. The molecular weight excluding hydrogens is 254 g/mol. The Morgan fingerprint density at radius 1 is 1.35 bits per heavy atom. The van der Waals surface area contributed by atoms with Crippen LogP contribution in [0.3, 0.4) is 0 Å². The minimum absolute atomic E-state index is 0.0412. The smallest absolute Gasteiger partial charge is 0.294 e. The molecule has 1 aromatic heterocycles. The van der Waals surface area contributed by atoms with E-state index in [1.165, 1.54) is 0 Å². The molecule has 3 heterocycles. The van der Waals surface area contributed by atoms with Crippen LogP contribution in [0.15, 0.2) is 0 Å². The zero-order valence-electron chi connectivity index (χ0n) is 12.6. The summed E-state index contributed by atoms with van der Waals surface area (Å²) in [6.07, 6.45) is 1.07. The molecular formula is C14H23N5O. The summed E-state index contributed by atoms with van der Waals surface area (Å²) in [7, 11) is 0. The van der Waals surface area contributed by atoms with Gasteiger partial charge in [-0.05, 0) is 19.3 Å². The standard InChI is InChI=1S/C14H23N5O/c1-8-5-9-6-15-7-10(9)19(8)12(20)11-16-13(18-17-11)14(2,3)4/h8-10,15H,5-7H2,1-4H3,(H,16,17,18). The van der Waals surface area contributed by atoms with E-state index in [0.717, 1.165) is 25.3 Å².